The molecule has 1 fully saturated rings. The van der Waals surface area contributed by atoms with Crippen LogP contribution in [0.5, 0.6) is 0 Å². The van der Waals surface area contributed by atoms with E-state index in [1.54, 1.807) is 0 Å². The molecule has 0 unspecified atom stereocenters. The van der Waals surface area contributed by atoms with Gasteiger partial charge in [-0.25, -0.2) is 0 Å². The van der Waals surface area contributed by atoms with Gasteiger partial charge in [-0.1, -0.05) is 186 Å². The molecule has 0 N–H and O–H groups in total. The Labute approximate surface area is 403 Å². The SMILES string of the molecule is CC1(C)c2cc(N(c3cccc(-c4ccccc4)c3)c3cccc(-c4ccccc4)c3)cc3c2-c2c1cc(N(c1cccc(-c4ccccc4)c1)c1cccc(C4CCCCC4)c1)cc2C3(C)C. The molecule has 3 aliphatic rings. The smallest absolute Gasteiger partial charge is 0.0468 e. The third-order valence-electron chi connectivity index (χ3n) is 15.5. The molecule has 0 amide bonds. The fraction of sp³-hybridized carbons (Fsp3) is 0.182. The summed E-state index contributed by atoms with van der Waals surface area (Å²) in [6.45, 7) is 9.82. The van der Waals surface area contributed by atoms with Crippen molar-refractivity contribution in [3.05, 3.63) is 240 Å². The second kappa shape index (κ2) is 16.7. The van der Waals surface area contributed by atoms with Crippen LogP contribution in [-0.2, 0) is 10.8 Å². The van der Waals surface area contributed by atoms with E-state index in [0.717, 1.165) is 11.4 Å². The fourth-order valence-electron chi connectivity index (χ4n) is 11.9. The van der Waals surface area contributed by atoms with Crippen molar-refractivity contribution in [1.82, 2.24) is 0 Å². The van der Waals surface area contributed by atoms with Gasteiger partial charge in [0.15, 0.2) is 0 Å². The minimum atomic E-state index is -0.262. The van der Waals surface area contributed by atoms with Gasteiger partial charge in [-0.2, -0.15) is 0 Å². The van der Waals surface area contributed by atoms with E-state index in [0.29, 0.717) is 5.92 Å². The molecule has 9 aromatic rings. The van der Waals surface area contributed by atoms with E-state index in [-0.39, 0.29) is 10.8 Å². The van der Waals surface area contributed by atoms with Crippen LogP contribution in [0.1, 0.15) is 93.5 Å². The predicted octanol–water partition coefficient (Wildman–Crippen LogP) is 18.6. The standard InChI is InChI=1S/C66H58N2/c1-65(2)59-41-57(67(53-33-17-29-49(37-53)45-21-9-5-10-22-45)54-34-18-30-50(38-54)46-23-11-6-12-24-46)43-61-63(59)64-60(65)42-58(44-62(64)66(61,3)4)68(55-35-19-31-51(39-55)47-25-13-7-14-26-47)56-36-20-32-52(40-56)48-27-15-8-16-28-48/h5-7,9-14,17-26,29-44,48H,8,15-16,27-28H2,1-4H3. The molecule has 0 aliphatic heterocycles. The molecule has 1 saturated carbocycles. The minimum Gasteiger partial charge on any atom is -0.310 e. The van der Waals surface area contributed by atoms with Crippen molar-refractivity contribution in [2.75, 3.05) is 9.80 Å². The van der Waals surface area contributed by atoms with Crippen molar-refractivity contribution in [3.8, 4) is 44.5 Å². The summed E-state index contributed by atoms with van der Waals surface area (Å²) in [5.41, 5.74) is 23.7. The zero-order valence-electron chi connectivity index (χ0n) is 39.7. The van der Waals surface area contributed by atoms with Crippen LogP contribution < -0.4 is 9.80 Å². The summed E-state index contributed by atoms with van der Waals surface area (Å²) >= 11 is 0. The average Bonchev–Trinajstić information content (AvgIpc) is 3.76. The minimum absolute atomic E-state index is 0.262. The maximum absolute atomic E-state index is 2.55. The Morgan fingerprint density at radius 1 is 0.309 bits per heavy atom. The van der Waals surface area contributed by atoms with Gasteiger partial charge in [0.25, 0.3) is 0 Å². The molecule has 0 radical (unpaired) electrons. The largest absolute Gasteiger partial charge is 0.310 e. The van der Waals surface area contributed by atoms with Crippen molar-refractivity contribution in [2.24, 2.45) is 0 Å². The number of hydrogen-bond acceptors (Lipinski definition) is 2. The van der Waals surface area contributed by atoms with Crippen LogP contribution in [0, 0.1) is 0 Å². The molecule has 0 saturated heterocycles. The first-order chi connectivity index (χ1) is 33.2. The molecule has 0 atom stereocenters. The highest BCUT2D eigenvalue weighted by atomic mass is 15.1. The molecular formula is C66H58N2. The van der Waals surface area contributed by atoms with Gasteiger partial charge in [-0.15, -0.1) is 0 Å². The summed E-state index contributed by atoms with van der Waals surface area (Å²) in [6.07, 6.45) is 6.53. The van der Waals surface area contributed by atoms with Crippen LogP contribution in [0.25, 0.3) is 44.5 Å². The molecular weight excluding hydrogens is 821 g/mol. The number of rotatable bonds is 10. The van der Waals surface area contributed by atoms with Crippen LogP contribution in [-0.4, -0.2) is 0 Å². The van der Waals surface area contributed by atoms with E-state index in [1.807, 2.05) is 0 Å². The number of benzene rings is 9. The molecule has 9 aromatic carbocycles. The lowest BCUT2D eigenvalue weighted by Crippen LogP contribution is -2.23. The Kier molecular flexibility index (Phi) is 10.3. The lowest BCUT2D eigenvalue weighted by molar-refractivity contribution is 0.443. The topological polar surface area (TPSA) is 6.48 Å². The van der Waals surface area contributed by atoms with Crippen LogP contribution >= 0.6 is 0 Å². The predicted molar refractivity (Wildman–Crippen MR) is 288 cm³/mol. The van der Waals surface area contributed by atoms with E-state index in [4.69, 9.17) is 0 Å². The Hall–Kier alpha value is -7.42. The molecule has 332 valence electrons. The van der Waals surface area contributed by atoms with E-state index < -0.39 is 0 Å². The first-order valence-corrected chi connectivity index (χ1v) is 24.8. The first kappa shape index (κ1) is 42.0. The zero-order valence-corrected chi connectivity index (χ0v) is 39.7. The van der Waals surface area contributed by atoms with Gasteiger partial charge in [0.1, 0.15) is 0 Å². The molecule has 68 heavy (non-hydrogen) atoms. The molecule has 3 aliphatic carbocycles. The first-order valence-electron chi connectivity index (χ1n) is 24.8. The quantitative estimate of drug-likeness (QED) is 0.135. The lowest BCUT2D eigenvalue weighted by Gasteiger charge is -2.34. The maximum atomic E-state index is 2.55. The van der Waals surface area contributed by atoms with Gasteiger partial charge in [0.05, 0.1) is 0 Å². The monoisotopic (exact) mass is 878 g/mol. The molecule has 0 spiro atoms. The van der Waals surface area contributed by atoms with Crippen LogP contribution in [0.4, 0.5) is 34.1 Å². The van der Waals surface area contributed by atoms with Gasteiger partial charge in [-0.3, -0.25) is 0 Å². The number of nitrogens with zero attached hydrogens (tertiary/aromatic N) is 2. The molecule has 12 rings (SSSR count). The number of hydrogen-bond donors (Lipinski definition) is 0. The second-order valence-corrected chi connectivity index (χ2v) is 20.4. The highest BCUT2D eigenvalue weighted by Gasteiger charge is 2.48. The van der Waals surface area contributed by atoms with E-state index in [2.05, 4.69) is 250 Å². The highest BCUT2D eigenvalue weighted by Crippen LogP contribution is 2.63. The highest BCUT2D eigenvalue weighted by molar-refractivity contribution is 5.97. The third kappa shape index (κ3) is 7.17. The van der Waals surface area contributed by atoms with Crippen molar-refractivity contribution in [3.63, 3.8) is 0 Å². The van der Waals surface area contributed by atoms with Crippen molar-refractivity contribution >= 4 is 34.1 Å². The van der Waals surface area contributed by atoms with Crippen molar-refractivity contribution < 1.29 is 0 Å². The Morgan fingerprint density at radius 2 is 0.632 bits per heavy atom. The lowest BCUT2D eigenvalue weighted by atomic mass is 9.74. The summed E-state index contributed by atoms with van der Waals surface area (Å²) in [7, 11) is 0. The van der Waals surface area contributed by atoms with Crippen molar-refractivity contribution in [1.29, 1.82) is 0 Å². The normalized spacial score (nSPS) is 15.2. The van der Waals surface area contributed by atoms with Crippen molar-refractivity contribution in [2.45, 2.75) is 76.5 Å². The van der Waals surface area contributed by atoms with Gasteiger partial charge in [-0.05, 0) is 164 Å². The third-order valence-corrected chi connectivity index (χ3v) is 15.5. The fourth-order valence-corrected chi connectivity index (χ4v) is 11.9. The summed E-state index contributed by atoms with van der Waals surface area (Å²) in [4.78, 5) is 5.05. The van der Waals surface area contributed by atoms with E-state index in [1.165, 1.54) is 127 Å². The Morgan fingerprint density at radius 3 is 1.00 bits per heavy atom. The molecule has 0 aromatic heterocycles. The van der Waals surface area contributed by atoms with Crippen LogP contribution in [0.3, 0.4) is 0 Å². The Balaban J connectivity index is 1.02. The second-order valence-electron chi connectivity index (χ2n) is 20.4. The van der Waals surface area contributed by atoms with Gasteiger partial charge in [0, 0.05) is 45.0 Å². The molecule has 0 bridgehead atoms. The van der Waals surface area contributed by atoms with E-state index >= 15 is 0 Å². The summed E-state index contributed by atoms with van der Waals surface area (Å²) in [5.74, 6) is 0.610. The summed E-state index contributed by atoms with van der Waals surface area (Å²) < 4.78 is 0. The maximum Gasteiger partial charge on any atom is 0.0468 e. The van der Waals surface area contributed by atoms with Gasteiger partial charge < -0.3 is 9.80 Å². The zero-order chi connectivity index (χ0) is 46.0. The molecule has 2 heteroatoms. The van der Waals surface area contributed by atoms with Gasteiger partial charge >= 0.3 is 0 Å². The summed E-state index contributed by atoms with van der Waals surface area (Å²) in [5, 5.41) is 0. The van der Waals surface area contributed by atoms with Crippen LogP contribution in [0.2, 0.25) is 0 Å². The molecule has 0 heterocycles. The average molecular weight is 879 g/mol. The van der Waals surface area contributed by atoms with E-state index in [9.17, 15) is 0 Å². The van der Waals surface area contributed by atoms with Crippen LogP contribution in [0.15, 0.2) is 212 Å². The Bertz CT molecular complexity index is 3180. The van der Waals surface area contributed by atoms with Gasteiger partial charge in [0.2, 0.25) is 0 Å². The summed E-state index contributed by atoms with van der Waals surface area (Å²) in [6, 6.07) is 79.3. The molecule has 2 nitrogen and oxygen atoms in total. The number of anilines is 6.